The van der Waals surface area contributed by atoms with Gasteiger partial charge in [-0.1, -0.05) is 13.8 Å². The first-order chi connectivity index (χ1) is 14.9. The largest absolute Gasteiger partial charge is 0.448 e. The van der Waals surface area contributed by atoms with Crippen LogP contribution in [0.2, 0.25) is 0 Å². The van der Waals surface area contributed by atoms with E-state index >= 15 is 0 Å². The molecule has 176 valence electrons. The minimum absolute atomic E-state index is 0.0478. The number of nitriles is 1. The van der Waals surface area contributed by atoms with Gasteiger partial charge in [-0.15, -0.1) is 0 Å². The number of carbonyl (C=O) groups excluding carboxylic acids is 2. The first-order valence-electron chi connectivity index (χ1n) is 10.9. The number of sulfone groups is 1. The molecule has 1 aliphatic rings. The van der Waals surface area contributed by atoms with Crippen LogP contribution in [0.5, 0.6) is 0 Å². The van der Waals surface area contributed by atoms with Gasteiger partial charge in [0.15, 0.2) is 15.9 Å². The van der Waals surface area contributed by atoms with Gasteiger partial charge in [0.2, 0.25) is 0 Å². The summed E-state index contributed by atoms with van der Waals surface area (Å²) in [5, 5.41) is 9.52. The maximum absolute atomic E-state index is 12.8. The Morgan fingerprint density at radius 2 is 2.00 bits per heavy atom. The standard InChI is InChI=1S/C23H33N3O5S/c1-7-25(21-8-9-32(29,30)14-21)22(27)18(6)31-23(28)20(12-24)11-19-10-16(4)26(17(19)5)13-15(2)3/h10-11,15,18,21H,7-9,13-14H2,1-6H3/b20-11+. The molecular formula is C23H33N3O5S. The summed E-state index contributed by atoms with van der Waals surface area (Å²) in [6.45, 7) is 12.5. The molecule has 1 aromatic rings. The summed E-state index contributed by atoms with van der Waals surface area (Å²) in [5.41, 5.74) is 2.53. The van der Waals surface area contributed by atoms with Crippen molar-refractivity contribution in [3.63, 3.8) is 0 Å². The van der Waals surface area contributed by atoms with Gasteiger partial charge in [0.25, 0.3) is 5.91 Å². The molecule has 1 aliphatic heterocycles. The summed E-state index contributed by atoms with van der Waals surface area (Å²) in [7, 11) is -3.15. The predicted octanol–water partition coefficient (Wildman–Crippen LogP) is 2.64. The van der Waals surface area contributed by atoms with Gasteiger partial charge in [0.1, 0.15) is 11.6 Å². The number of aromatic nitrogens is 1. The van der Waals surface area contributed by atoms with E-state index in [1.54, 1.807) is 6.92 Å². The van der Waals surface area contributed by atoms with Crippen LogP contribution in [-0.2, 0) is 30.7 Å². The monoisotopic (exact) mass is 463 g/mol. The van der Waals surface area contributed by atoms with Crippen molar-refractivity contribution in [2.75, 3.05) is 18.1 Å². The lowest BCUT2D eigenvalue weighted by molar-refractivity contribution is -0.156. The second kappa shape index (κ2) is 10.3. The van der Waals surface area contributed by atoms with Crippen LogP contribution in [0.3, 0.4) is 0 Å². The molecule has 0 aliphatic carbocycles. The number of carbonyl (C=O) groups is 2. The first-order valence-corrected chi connectivity index (χ1v) is 12.7. The van der Waals surface area contributed by atoms with Crippen LogP contribution >= 0.6 is 0 Å². The first kappa shape index (κ1) is 25.7. The second-order valence-corrected chi connectivity index (χ2v) is 11.0. The summed E-state index contributed by atoms with van der Waals surface area (Å²) in [6.07, 6.45) is 0.730. The maximum atomic E-state index is 12.8. The van der Waals surface area contributed by atoms with Crippen LogP contribution in [0.15, 0.2) is 11.6 Å². The Kier molecular flexibility index (Phi) is 8.29. The van der Waals surface area contributed by atoms with Crippen LogP contribution < -0.4 is 0 Å². The average Bonchev–Trinajstić information content (AvgIpc) is 3.19. The highest BCUT2D eigenvalue weighted by Crippen LogP contribution is 2.21. The van der Waals surface area contributed by atoms with Gasteiger partial charge in [0.05, 0.1) is 11.5 Å². The van der Waals surface area contributed by atoms with Crippen molar-refractivity contribution in [2.24, 2.45) is 5.92 Å². The van der Waals surface area contributed by atoms with E-state index in [2.05, 4.69) is 18.4 Å². The van der Waals surface area contributed by atoms with Crippen LogP contribution in [0.1, 0.15) is 51.1 Å². The van der Waals surface area contributed by atoms with Crippen LogP contribution in [0.25, 0.3) is 6.08 Å². The third-order valence-corrected chi connectivity index (χ3v) is 7.46. The van der Waals surface area contributed by atoms with E-state index in [0.717, 1.165) is 23.5 Å². The lowest BCUT2D eigenvalue weighted by Gasteiger charge is -2.29. The quantitative estimate of drug-likeness (QED) is 0.333. The molecular weight excluding hydrogens is 430 g/mol. The highest BCUT2D eigenvalue weighted by atomic mass is 32.2. The number of aryl methyl sites for hydroxylation is 1. The van der Waals surface area contributed by atoms with E-state index in [-0.39, 0.29) is 17.1 Å². The molecule has 0 bridgehead atoms. The van der Waals surface area contributed by atoms with Gasteiger partial charge in [-0.25, -0.2) is 13.2 Å². The molecule has 0 radical (unpaired) electrons. The number of hydrogen-bond donors (Lipinski definition) is 0. The van der Waals surface area contributed by atoms with Gasteiger partial charge in [-0.3, -0.25) is 4.79 Å². The zero-order valence-corrected chi connectivity index (χ0v) is 20.5. The number of nitrogens with zero attached hydrogens (tertiary/aromatic N) is 3. The van der Waals surface area contributed by atoms with E-state index < -0.39 is 33.9 Å². The molecule has 1 aromatic heterocycles. The molecule has 0 N–H and O–H groups in total. The van der Waals surface area contributed by atoms with Crippen molar-refractivity contribution in [1.29, 1.82) is 5.26 Å². The van der Waals surface area contributed by atoms with Gasteiger partial charge in [-0.05, 0) is 57.7 Å². The highest BCUT2D eigenvalue weighted by Gasteiger charge is 2.36. The van der Waals surface area contributed by atoms with Gasteiger partial charge >= 0.3 is 5.97 Å². The molecule has 0 spiro atoms. The van der Waals surface area contributed by atoms with E-state index in [9.17, 15) is 23.3 Å². The normalized spacial score (nSPS) is 18.9. The van der Waals surface area contributed by atoms with Crippen LogP contribution in [0.4, 0.5) is 0 Å². The number of ether oxygens (including phenoxy) is 1. The minimum Gasteiger partial charge on any atom is -0.448 e. The van der Waals surface area contributed by atoms with E-state index in [4.69, 9.17) is 4.74 Å². The minimum atomic E-state index is -3.15. The lowest BCUT2D eigenvalue weighted by Crippen LogP contribution is -2.46. The smallest absolute Gasteiger partial charge is 0.349 e. The predicted molar refractivity (Wildman–Crippen MR) is 122 cm³/mol. The van der Waals surface area contributed by atoms with E-state index in [1.165, 1.54) is 17.9 Å². The SMILES string of the molecule is CCN(C(=O)C(C)OC(=O)/C(C#N)=C/c1cc(C)n(CC(C)C)c1C)C1CCS(=O)(=O)C1. The average molecular weight is 464 g/mol. The van der Waals surface area contributed by atoms with Gasteiger partial charge in [0, 0.05) is 30.5 Å². The number of amides is 1. The zero-order valence-electron chi connectivity index (χ0n) is 19.7. The summed E-state index contributed by atoms with van der Waals surface area (Å²) in [6, 6.07) is 3.37. The van der Waals surface area contributed by atoms with E-state index in [1.807, 2.05) is 26.0 Å². The lowest BCUT2D eigenvalue weighted by atomic mass is 10.1. The molecule has 8 nitrogen and oxygen atoms in total. The molecule has 9 heteroatoms. The summed E-state index contributed by atoms with van der Waals surface area (Å²) >= 11 is 0. The molecule has 32 heavy (non-hydrogen) atoms. The fourth-order valence-corrected chi connectivity index (χ4v) is 5.77. The molecule has 1 amide bonds. The van der Waals surface area contributed by atoms with Crippen molar-refractivity contribution >= 4 is 27.8 Å². The maximum Gasteiger partial charge on any atom is 0.349 e. The van der Waals surface area contributed by atoms with Crippen molar-refractivity contribution in [2.45, 2.75) is 66.7 Å². The Morgan fingerprint density at radius 1 is 1.34 bits per heavy atom. The molecule has 0 aromatic carbocycles. The Morgan fingerprint density at radius 3 is 2.50 bits per heavy atom. The third-order valence-electron chi connectivity index (χ3n) is 5.71. The molecule has 0 saturated carbocycles. The summed E-state index contributed by atoms with van der Waals surface area (Å²) in [4.78, 5) is 26.9. The van der Waals surface area contributed by atoms with Crippen LogP contribution in [0, 0.1) is 31.1 Å². The Hall–Kier alpha value is -2.60. The topological polar surface area (TPSA) is 109 Å². The molecule has 2 heterocycles. The molecule has 2 unspecified atom stereocenters. The Labute approximate surface area is 190 Å². The number of rotatable bonds is 8. The van der Waals surface area contributed by atoms with Crippen molar-refractivity contribution in [3.05, 3.63) is 28.6 Å². The molecule has 2 rings (SSSR count). The second-order valence-electron chi connectivity index (χ2n) is 8.73. The van der Waals surface area contributed by atoms with E-state index in [0.29, 0.717) is 18.9 Å². The zero-order chi connectivity index (χ0) is 24.2. The third kappa shape index (κ3) is 6.00. The number of hydrogen-bond acceptors (Lipinski definition) is 6. The van der Waals surface area contributed by atoms with Gasteiger partial charge in [-0.2, -0.15) is 5.26 Å². The molecule has 2 atom stereocenters. The number of likely N-dealkylation sites (N-methyl/N-ethyl adjacent to an activating group) is 1. The highest BCUT2D eigenvalue weighted by molar-refractivity contribution is 7.91. The molecule has 1 fully saturated rings. The van der Waals surface area contributed by atoms with Crippen LogP contribution in [-0.4, -0.2) is 60.0 Å². The Balaban J connectivity index is 2.16. The fraction of sp³-hybridized carbons (Fsp3) is 0.609. The summed E-state index contributed by atoms with van der Waals surface area (Å²) in [5.74, 6) is -0.929. The van der Waals surface area contributed by atoms with Crippen molar-refractivity contribution in [1.82, 2.24) is 9.47 Å². The summed E-state index contributed by atoms with van der Waals surface area (Å²) < 4.78 is 31.0. The molecule has 1 saturated heterocycles. The fourth-order valence-electron chi connectivity index (χ4n) is 4.04. The number of esters is 1. The van der Waals surface area contributed by atoms with Crippen molar-refractivity contribution < 1.29 is 22.7 Å². The Bertz CT molecular complexity index is 1050. The van der Waals surface area contributed by atoms with Gasteiger partial charge < -0.3 is 14.2 Å². The van der Waals surface area contributed by atoms with Crippen molar-refractivity contribution in [3.8, 4) is 6.07 Å².